The van der Waals surface area contributed by atoms with Crippen molar-refractivity contribution in [3.63, 3.8) is 0 Å². The van der Waals surface area contributed by atoms with Gasteiger partial charge < -0.3 is 10.2 Å². The molecule has 1 aliphatic heterocycles. The number of rotatable bonds is 4. The second-order valence-corrected chi connectivity index (χ2v) is 5.91. The number of benzene rings is 1. The molecule has 2 heterocycles. The Kier molecular flexibility index (Phi) is 6.60. The van der Waals surface area contributed by atoms with Crippen LogP contribution in [0, 0.1) is 0 Å². The molecular weight excluding hydrogens is 349 g/mol. The highest BCUT2D eigenvalue weighted by Crippen LogP contribution is 2.21. The number of amides is 1. The number of nitrogens with one attached hydrogen (secondary N) is 1. The molecule has 0 aliphatic carbocycles. The van der Waals surface area contributed by atoms with Gasteiger partial charge in [-0.1, -0.05) is 30.7 Å². The van der Waals surface area contributed by atoms with Gasteiger partial charge in [0.25, 0.3) is 5.91 Å². The van der Waals surface area contributed by atoms with Gasteiger partial charge in [0.05, 0.1) is 10.7 Å². The average Bonchev–Trinajstić information content (AvgIpc) is 2.99. The summed E-state index contributed by atoms with van der Waals surface area (Å²) in [4.78, 5) is 18.9. The molecule has 2 aromatic rings. The first-order chi connectivity index (χ1) is 11.2. The highest BCUT2D eigenvalue weighted by molar-refractivity contribution is 6.32. The van der Waals surface area contributed by atoms with Crippen molar-refractivity contribution in [1.29, 1.82) is 0 Å². The molecule has 3 rings (SSSR count). The molecule has 0 atom stereocenters. The van der Waals surface area contributed by atoms with Gasteiger partial charge in [-0.05, 0) is 18.6 Å². The Morgan fingerprint density at radius 2 is 2.00 bits per heavy atom. The summed E-state index contributed by atoms with van der Waals surface area (Å²) in [6, 6.07) is 7.47. The van der Waals surface area contributed by atoms with Gasteiger partial charge in [0.15, 0.2) is 0 Å². The minimum atomic E-state index is -0.116. The molecule has 1 amide bonds. The van der Waals surface area contributed by atoms with E-state index in [4.69, 9.17) is 11.6 Å². The van der Waals surface area contributed by atoms with E-state index in [2.05, 4.69) is 22.3 Å². The van der Waals surface area contributed by atoms with Crippen LogP contribution in [0.25, 0.3) is 5.69 Å². The molecule has 0 radical (unpaired) electrons. The van der Waals surface area contributed by atoms with Crippen LogP contribution in [-0.2, 0) is 6.42 Å². The van der Waals surface area contributed by atoms with E-state index in [1.165, 1.54) is 0 Å². The molecule has 6 nitrogen and oxygen atoms in total. The molecular formula is C16H21Cl2N5O. The Labute approximate surface area is 152 Å². The number of carbonyl (C=O) groups is 1. The molecule has 0 bridgehead atoms. The fourth-order valence-electron chi connectivity index (χ4n) is 2.65. The maximum atomic E-state index is 12.6. The van der Waals surface area contributed by atoms with Crippen LogP contribution in [0.1, 0.15) is 29.8 Å². The van der Waals surface area contributed by atoms with Crippen molar-refractivity contribution in [2.45, 2.75) is 19.8 Å². The molecule has 0 spiro atoms. The first-order valence-corrected chi connectivity index (χ1v) is 8.29. The van der Waals surface area contributed by atoms with Crippen LogP contribution in [0.2, 0.25) is 5.02 Å². The molecule has 1 saturated heterocycles. The summed E-state index contributed by atoms with van der Waals surface area (Å²) in [5.41, 5.74) is 0.754. The van der Waals surface area contributed by atoms with Crippen molar-refractivity contribution >= 4 is 29.9 Å². The summed E-state index contributed by atoms with van der Waals surface area (Å²) in [6.07, 6.45) is 1.66. The summed E-state index contributed by atoms with van der Waals surface area (Å²) in [6.45, 7) is 5.05. The molecule has 1 N–H and O–H groups in total. The van der Waals surface area contributed by atoms with Crippen molar-refractivity contribution < 1.29 is 4.79 Å². The van der Waals surface area contributed by atoms with E-state index < -0.39 is 0 Å². The number of hydrogen-bond acceptors (Lipinski definition) is 4. The lowest BCUT2D eigenvalue weighted by Gasteiger charge is -2.26. The number of carbonyl (C=O) groups excluding carboxylic acids is 1. The summed E-state index contributed by atoms with van der Waals surface area (Å²) >= 11 is 6.28. The van der Waals surface area contributed by atoms with Gasteiger partial charge >= 0.3 is 0 Å². The van der Waals surface area contributed by atoms with Crippen LogP contribution in [0.4, 0.5) is 0 Å². The Hall–Kier alpha value is -1.63. The van der Waals surface area contributed by atoms with Gasteiger partial charge in [0.1, 0.15) is 5.82 Å². The number of halogens is 2. The largest absolute Gasteiger partial charge is 0.333 e. The van der Waals surface area contributed by atoms with Gasteiger partial charge in [-0.15, -0.1) is 17.5 Å². The maximum absolute atomic E-state index is 12.6. The number of aromatic nitrogens is 3. The summed E-state index contributed by atoms with van der Waals surface area (Å²) in [5, 5.41) is 8.27. The molecule has 130 valence electrons. The van der Waals surface area contributed by atoms with Gasteiger partial charge in [0.2, 0.25) is 5.82 Å². The Balaban J connectivity index is 0.00000208. The lowest BCUT2D eigenvalue weighted by Crippen LogP contribution is -2.46. The van der Waals surface area contributed by atoms with Crippen molar-refractivity contribution in [1.82, 2.24) is 25.0 Å². The van der Waals surface area contributed by atoms with E-state index in [1.54, 1.807) is 9.58 Å². The SMILES string of the molecule is CCCc1nc(C(=O)N2CCNCC2)nn1-c1ccccc1Cl.Cl. The van der Waals surface area contributed by atoms with Crippen molar-refractivity contribution in [2.24, 2.45) is 0 Å². The molecule has 8 heteroatoms. The van der Waals surface area contributed by atoms with Crippen LogP contribution in [0.5, 0.6) is 0 Å². The fourth-order valence-corrected chi connectivity index (χ4v) is 2.86. The summed E-state index contributed by atoms with van der Waals surface area (Å²) in [7, 11) is 0. The highest BCUT2D eigenvalue weighted by atomic mass is 35.5. The second kappa shape index (κ2) is 8.46. The smallest absolute Gasteiger partial charge is 0.293 e. The number of nitrogens with zero attached hydrogens (tertiary/aromatic N) is 4. The van der Waals surface area contributed by atoms with Crippen molar-refractivity contribution in [3.05, 3.63) is 40.9 Å². The molecule has 1 aromatic carbocycles. The van der Waals surface area contributed by atoms with Gasteiger partial charge in [-0.25, -0.2) is 9.67 Å². The van der Waals surface area contributed by atoms with E-state index >= 15 is 0 Å². The van der Waals surface area contributed by atoms with E-state index in [9.17, 15) is 4.79 Å². The third kappa shape index (κ3) is 3.88. The fraction of sp³-hybridized carbons (Fsp3) is 0.438. The Morgan fingerprint density at radius 1 is 1.29 bits per heavy atom. The van der Waals surface area contributed by atoms with Crippen LogP contribution in [0.15, 0.2) is 24.3 Å². The Morgan fingerprint density at radius 3 is 2.67 bits per heavy atom. The van der Waals surface area contributed by atoms with E-state index in [0.717, 1.165) is 37.4 Å². The summed E-state index contributed by atoms with van der Waals surface area (Å²) in [5.74, 6) is 0.893. The third-order valence-corrected chi connectivity index (χ3v) is 4.14. The second-order valence-electron chi connectivity index (χ2n) is 5.51. The molecule has 1 fully saturated rings. The lowest BCUT2D eigenvalue weighted by atomic mass is 10.3. The number of piperazine rings is 1. The first-order valence-electron chi connectivity index (χ1n) is 7.91. The normalized spacial score (nSPS) is 14.3. The topological polar surface area (TPSA) is 63.1 Å². The lowest BCUT2D eigenvalue weighted by molar-refractivity contribution is 0.0723. The minimum absolute atomic E-state index is 0. The molecule has 24 heavy (non-hydrogen) atoms. The van der Waals surface area contributed by atoms with Crippen LogP contribution >= 0.6 is 24.0 Å². The monoisotopic (exact) mass is 369 g/mol. The Bertz CT molecular complexity index is 698. The zero-order valence-corrected chi connectivity index (χ0v) is 15.1. The zero-order valence-electron chi connectivity index (χ0n) is 13.5. The zero-order chi connectivity index (χ0) is 16.2. The standard InChI is InChI=1S/C16H20ClN5O.ClH/c1-2-5-14-19-15(16(23)21-10-8-18-9-11-21)20-22(14)13-7-4-3-6-12(13)17;/h3-4,6-7,18H,2,5,8-11H2,1H3;1H. The van der Waals surface area contributed by atoms with Crippen molar-refractivity contribution in [2.75, 3.05) is 26.2 Å². The quantitative estimate of drug-likeness (QED) is 0.898. The highest BCUT2D eigenvalue weighted by Gasteiger charge is 2.24. The predicted octanol–water partition coefficient (Wildman–Crippen LogP) is 2.34. The average molecular weight is 370 g/mol. The van der Waals surface area contributed by atoms with Crippen molar-refractivity contribution in [3.8, 4) is 5.69 Å². The minimum Gasteiger partial charge on any atom is -0.333 e. The number of hydrogen-bond donors (Lipinski definition) is 1. The first kappa shape index (κ1) is 18.7. The number of aryl methyl sites for hydroxylation is 1. The molecule has 1 aliphatic rings. The molecule has 1 aromatic heterocycles. The number of para-hydroxylation sites is 1. The predicted molar refractivity (Wildman–Crippen MR) is 96.4 cm³/mol. The molecule has 0 saturated carbocycles. The van der Waals surface area contributed by atoms with Crippen LogP contribution in [-0.4, -0.2) is 51.8 Å². The van der Waals surface area contributed by atoms with Gasteiger partial charge in [0, 0.05) is 32.6 Å². The van der Waals surface area contributed by atoms with Crippen LogP contribution < -0.4 is 5.32 Å². The van der Waals surface area contributed by atoms with E-state index in [-0.39, 0.29) is 24.1 Å². The third-order valence-electron chi connectivity index (χ3n) is 3.82. The van der Waals surface area contributed by atoms with Gasteiger partial charge in [-0.2, -0.15) is 0 Å². The van der Waals surface area contributed by atoms with Crippen LogP contribution in [0.3, 0.4) is 0 Å². The summed E-state index contributed by atoms with van der Waals surface area (Å²) < 4.78 is 1.70. The van der Waals surface area contributed by atoms with E-state index in [0.29, 0.717) is 18.1 Å². The van der Waals surface area contributed by atoms with E-state index in [1.807, 2.05) is 24.3 Å². The molecule has 0 unspecified atom stereocenters. The van der Waals surface area contributed by atoms with Gasteiger partial charge in [-0.3, -0.25) is 4.79 Å². The maximum Gasteiger partial charge on any atom is 0.293 e.